The largest absolute Gasteiger partial charge is 0.444 e. The number of aliphatic hydroxyl groups is 1. The van der Waals surface area contributed by atoms with Crippen LogP contribution in [0.5, 0.6) is 0 Å². The number of carbonyl (C=O) groups is 1. The molecular weight excluding hydrogens is 208 g/mol. The zero-order chi connectivity index (χ0) is 12.8. The summed E-state index contributed by atoms with van der Waals surface area (Å²) in [5.74, 6) is 0. The molecule has 5 heteroatoms. The van der Waals surface area contributed by atoms with E-state index in [2.05, 4.69) is 5.32 Å². The van der Waals surface area contributed by atoms with Crippen molar-refractivity contribution in [2.75, 3.05) is 6.54 Å². The van der Waals surface area contributed by atoms with E-state index in [4.69, 9.17) is 10.5 Å². The maximum absolute atomic E-state index is 11.4. The van der Waals surface area contributed by atoms with Gasteiger partial charge in [-0.05, 0) is 27.2 Å². The summed E-state index contributed by atoms with van der Waals surface area (Å²) in [6.45, 7) is 7.51. The van der Waals surface area contributed by atoms with E-state index >= 15 is 0 Å². The topological polar surface area (TPSA) is 84.6 Å². The predicted molar refractivity (Wildman–Crippen MR) is 63.1 cm³/mol. The Morgan fingerprint density at radius 3 is 2.44 bits per heavy atom. The van der Waals surface area contributed by atoms with Crippen LogP contribution in [0.4, 0.5) is 4.79 Å². The highest BCUT2D eigenvalue weighted by atomic mass is 16.6. The van der Waals surface area contributed by atoms with Crippen molar-refractivity contribution >= 4 is 6.09 Å². The van der Waals surface area contributed by atoms with Gasteiger partial charge in [0.15, 0.2) is 0 Å². The maximum Gasteiger partial charge on any atom is 0.408 e. The second-order valence-corrected chi connectivity index (χ2v) is 4.84. The molecule has 0 radical (unpaired) electrons. The van der Waals surface area contributed by atoms with Crippen molar-refractivity contribution in [2.45, 2.75) is 58.3 Å². The molecule has 96 valence electrons. The predicted octanol–water partition coefficient (Wildman–Crippen LogP) is 0.999. The van der Waals surface area contributed by atoms with Crippen LogP contribution < -0.4 is 11.1 Å². The third kappa shape index (κ3) is 6.63. The fourth-order valence-electron chi connectivity index (χ4n) is 1.27. The molecule has 0 bridgehead atoms. The van der Waals surface area contributed by atoms with Gasteiger partial charge in [0.1, 0.15) is 5.60 Å². The van der Waals surface area contributed by atoms with Gasteiger partial charge >= 0.3 is 6.09 Å². The number of hydrogen-bond donors (Lipinski definition) is 3. The molecule has 0 saturated carbocycles. The number of aliphatic hydroxyl groups excluding tert-OH is 1. The molecule has 0 unspecified atom stereocenters. The quantitative estimate of drug-likeness (QED) is 0.660. The Morgan fingerprint density at radius 2 is 2.06 bits per heavy atom. The van der Waals surface area contributed by atoms with Crippen LogP contribution in [-0.2, 0) is 4.74 Å². The summed E-state index contributed by atoms with van der Waals surface area (Å²) in [6, 6.07) is -0.449. The van der Waals surface area contributed by atoms with Crippen LogP contribution in [0, 0.1) is 0 Å². The highest BCUT2D eigenvalue weighted by Crippen LogP contribution is 2.08. The molecule has 0 aromatic rings. The fraction of sp³-hybridized carbons (Fsp3) is 0.909. The van der Waals surface area contributed by atoms with Gasteiger partial charge in [0.2, 0.25) is 0 Å². The van der Waals surface area contributed by atoms with Gasteiger partial charge < -0.3 is 20.9 Å². The standard InChI is InChI=1S/C11H24N2O3/c1-5-6-9(14)8(7-12)13-10(15)16-11(2,3)4/h8-9,14H,5-7,12H2,1-4H3,(H,13,15)/t8-,9-/m0/s1. The van der Waals surface area contributed by atoms with Gasteiger partial charge in [-0.1, -0.05) is 13.3 Å². The van der Waals surface area contributed by atoms with E-state index in [9.17, 15) is 9.90 Å². The highest BCUT2D eigenvalue weighted by Gasteiger charge is 2.22. The molecule has 0 heterocycles. The van der Waals surface area contributed by atoms with Crippen molar-refractivity contribution in [3.8, 4) is 0 Å². The van der Waals surface area contributed by atoms with Crippen molar-refractivity contribution in [1.29, 1.82) is 0 Å². The lowest BCUT2D eigenvalue weighted by Crippen LogP contribution is -2.49. The Balaban J connectivity index is 4.16. The number of hydrogen-bond acceptors (Lipinski definition) is 4. The van der Waals surface area contributed by atoms with Crippen LogP contribution >= 0.6 is 0 Å². The van der Waals surface area contributed by atoms with E-state index in [0.717, 1.165) is 6.42 Å². The van der Waals surface area contributed by atoms with Crippen LogP contribution in [0.3, 0.4) is 0 Å². The van der Waals surface area contributed by atoms with Crippen LogP contribution in [-0.4, -0.2) is 35.5 Å². The van der Waals surface area contributed by atoms with Gasteiger partial charge in [-0.3, -0.25) is 0 Å². The molecule has 0 aromatic carbocycles. The number of alkyl carbamates (subject to hydrolysis) is 1. The van der Waals surface area contributed by atoms with Crippen molar-refractivity contribution in [3.05, 3.63) is 0 Å². The molecule has 0 aromatic heterocycles. The molecule has 0 aliphatic rings. The summed E-state index contributed by atoms with van der Waals surface area (Å²) in [7, 11) is 0. The van der Waals surface area contributed by atoms with Crippen LogP contribution in [0.1, 0.15) is 40.5 Å². The molecule has 0 spiro atoms. The lowest BCUT2D eigenvalue weighted by molar-refractivity contribution is 0.0420. The molecule has 1 amide bonds. The average molecular weight is 232 g/mol. The Morgan fingerprint density at radius 1 is 1.50 bits per heavy atom. The minimum absolute atomic E-state index is 0.195. The van der Waals surface area contributed by atoms with E-state index in [-0.39, 0.29) is 6.54 Å². The Bertz CT molecular complexity index is 214. The zero-order valence-corrected chi connectivity index (χ0v) is 10.6. The number of rotatable bonds is 5. The number of nitrogens with one attached hydrogen (secondary N) is 1. The molecule has 16 heavy (non-hydrogen) atoms. The summed E-state index contributed by atoms with van der Waals surface area (Å²) in [6.07, 6.45) is 0.284. The molecule has 0 fully saturated rings. The summed E-state index contributed by atoms with van der Waals surface area (Å²) in [5.41, 5.74) is 4.94. The maximum atomic E-state index is 11.4. The van der Waals surface area contributed by atoms with Gasteiger partial charge in [0.05, 0.1) is 12.1 Å². The summed E-state index contributed by atoms with van der Waals surface area (Å²) < 4.78 is 5.08. The molecule has 0 saturated heterocycles. The lowest BCUT2D eigenvalue weighted by atomic mass is 10.1. The van der Waals surface area contributed by atoms with E-state index < -0.39 is 23.8 Å². The molecule has 4 N–H and O–H groups in total. The minimum Gasteiger partial charge on any atom is -0.444 e. The summed E-state index contributed by atoms with van der Waals surface area (Å²) >= 11 is 0. The third-order valence-electron chi connectivity index (χ3n) is 2.00. The van der Waals surface area contributed by atoms with Crippen molar-refractivity contribution in [2.24, 2.45) is 5.73 Å². The number of nitrogens with two attached hydrogens (primary N) is 1. The van der Waals surface area contributed by atoms with E-state index in [1.807, 2.05) is 6.92 Å². The van der Waals surface area contributed by atoms with Gasteiger partial charge in [0.25, 0.3) is 0 Å². The Kier molecular flexibility index (Phi) is 6.36. The first kappa shape index (κ1) is 15.2. The minimum atomic E-state index is -0.623. The Hall–Kier alpha value is -0.810. The van der Waals surface area contributed by atoms with Gasteiger partial charge in [-0.25, -0.2) is 4.79 Å². The number of amides is 1. The molecular formula is C11H24N2O3. The first-order chi connectivity index (χ1) is 7.30. The SMILES string of the molecule is CCC[C@H](O)[C@H](CN)NC(=O)OC(C)(C)C. The molecule has 0 aliphatic carbocycles. The van der Waals surface area contributed by atoms with E-state index in [0.29, 0.717) is 6.42 Å². The average Bonchev–Trinajstić information content (AvgIpc) is 2.11. The van der Waals surface area contributed by atoms with Gasteiger partial charge in [-0.2, -0.15) is 0 Å². The van der Waals surface area contributed by atoms with E-state index in [1.54, 1.807) is 20.8 Å². The summed E-state index contributed by atoms with van der Waals surface area (Å²) in [4.78, 5) is 11.4. The number of carbonyl (C=O) groups excluding carboxylic acids is 1. The van der Waals surface area contributed by atoms with Crippen molar-refractivity contribution in [1.82, 2.24) is 5.32 Å². The molecule has 0 aliphatic heterocycles. The molecule has 0 rings (SSSR count). The second kappa shape index (κ2) is 6.70. The number of ether oxygens (including phenoxy) is 1. The normalized spacial score (nSPS) is 15.4. The monoisotopic (exact) mass is 232 g/mol. The van der Waals surface area contributed by atoms with Crippen LogP contribution in [0.2, 0.25) is 0 Å². The molecule has 5 nitrogen and oxygen atoms in total. The fourth-order valence-corrected chi connectivity index (χ4v) is 1.27. The third-order valence-corrected chi connectivity index (χ3v) is 2.00. The van der Waals surface area contributed by atoms with E-state index in [1.165, 1.54) is 0 Å². The molecule has 2 atom stereocenters. The summed E-state index contributed by atoms with van der Waals surface area (Å²) in [5, 5.41) is 12.3. The first-order valence-electron chi connectivity index (χ1n) is 5.67. The van der Waals surface area contributed by atoms with Crippen molar-refractivity contribution < 1.29 is 14.6 Å². The zero-order valence-electron chi connectivity index (χ0n) is 10.6. The second-order valence-electron chi connectivity index (χ2n) is 4.84. The van der Waals surface area contributed by atoms with Gasteiger partial charge in [0, 0.05) is 6.54 Å². The smallest absolute Gasteiger partial charge is 0.408 e. The first-order valence-corrected chi connectivity index (χ1v) is 5.67. The highest BCUT2D eigenvalue weighted by molar-refractivity contribution is 5.68. The lowest BCUT2D eigenvalue weighted by Gasteiger charge is -2.25. The Labute approximate surface area is 97.3 Å². The van der Waals surface area contributed by atoms with Crippen LogP contribution in [0.15, 0.2) is 0 Å². The van der Waals surface area contributed by atoms with Crippen LogP contribution in [0.25, 0.3) is 0 Å². The van der Waals surface area contributed by atoms with Crippen molar-refractivity contribution in [3.63, 3.8) is 0 Å². The van der Waals surface area contributed by atoms with Gasteiger partial charge in [-0.15, -0.1) is 0 Å².